The highest BCUT2D eigenvalue weighted by Gasteiger charge is 2.16. The summed E-state index contributed by atoms with van der Waals surface area (Å²) >= 11 is 0. The first-order valence-electron chi connectivity index (χ1n) is 7.78. The molecule has 0 spiro atoms. The zero-order chi connectivity index (χ0) is 14.9. The fraction of sp³-hybridized carbons (Fsp3) is 0.562. The van der Waals surface area contributed by atoms with Crippen molar-refractivity contribution in [2.75, 3.05) is 50.7 Å². The number of nitrogens with zero attached hydrogens (tertiary/aromatic N) is 2. The number of anilines is 1. The van der Waals surface area contributed by atoms with Crippen LogP contribution in [-0.2, 0) is 4.79 Å². The summed E-state index contributed by atoms with van der Waals surface area (Å²) in [5.41, 5.74) is 6.65. The Kier molecular flexibility index (Phi) is 8.89. The Morgan fingerprint density at radius 2 is 1.82 bits per heavy atom. The van der Waals surface area contributed by atoms with Gasteiger partial charge in [0.15, 0.2) is 0 Å². The maximum atomic E-state index is 11.3. The number of carbonyl (C=O) groups excluding carboxylic acids is 1. The molecule has 1 saturated heterocycles. The maximum Gasteiger partial charge on any atom is 0.221 e. The van der Waals surface area contributed by atoms with Gasteiger partial charge in [0.2, 0.25) is 5.91 Å². The van der Waals surface area contributed by atoms with E-state index in [-0.39, 0.29) is 18.3 Å². The van der Waals surface area contributed by atoms with Gasteiger partial charge in [0, 0.05) is 51.4 Å². The molecule has 0 aromatic heterocycles. The van der Waals surface area contributed by atoms with Gasteiger partial charge in [-0.3, -0.25) is 9.69 Å². The van der Waals surface area contributed by atoms with Crippen LogP contribution in [0.5, 0.6) is 0 Å². The van der Waals surface area contributed by atoms with Crippen molar-refractivity contribution in [1.29, 1.82) is 0 Å². The number of halogens is 1. The van der Waals surface area contributed by atoms with Crippen LogP contribution in [0.15, 0.2) is 30.3 Å². The fourth-order valence-corrected chi connectivity index (χ4v) is 2.62. The van der Waals surface area contributed by atoms with Gasteiger partial charge in [-0.15, -0.1) is 12.4 Å². The molecule has 124 valence electrons. The average molecular weight is 327 g/mol. The van der Waals surface area contributed by atoms with Crippen LogP contribution in [0.25, 0.3) is 0 Å². The molecule has 0 saturated carbocycles. The van der Waals surface area contributed by atoms with E-state index in [1.165, 1.54) is 5.69 Å². The molecule has 0 radical (unpaired) electrons. The summed E-state index contributed by atoms with van der Waals surface area (Å²) in [7, 11) is 0. The lowest BCUT2D eigenvalue weighted by Crippen LogP contribution is -2.47. The second-order valence-corrected chi connectivity index (χ2v) is 5.41. The summed E-state index contributed by atoms with van der Waals surface area (Å²) < 4.78 is 0. The molecule has 0 unspecified atom stereocenters. The lowest BCUT2D eigenvalue weighted by molar-refractivity contribution is -0.120. The highest BCUT2D eigenvalue weighted by atomic mass is 35.5. The number of piperazine rings is 1. The van der Waals surface area contributed by atoms with Gasteiger partial charge in [-0.25, -0.2) is 0 Å². The van der Waals surface area contributed by atoms with Crippen molar-refractivity contribution in [3.8, 4) is 0 Å². The van der Waals surface area contributed by atoms with E-state index in [0.717, 1.165) is 45.7 Å². The molecule has 2 rings (SSSR count). The van der Waals surface area contributed by atoms with Gasteiger partial charge in [0.25, 0.3) is 0 Å². The number of carbonyl (C=O) groups is 1. The van der Waals surface area contributed by atoms with Crippen LogP contribution < -0.4 is 16.0 Å². The highest BCUT2D eigenvalue weighted by molar-refractivity contribution is 5.85. The third-order valence-corrected chi connectivity index (χ3v) is 3.84. The summed E-state index contributed by atoms with van der Waals surface area (Å²) in [5, 5.41) is 2.90. The summed E-state index contributed by atoms with van der Waals surface area (Å²) in [6.45, 7) is 6.54. The van der Waals surface area contributed by atoms with E-state index in [9.17, 15) is 4.79 Å². The molecule has 1 aliphatic heterocycles. The van der Waals surface area contributed by atoms with Gasteiger partial charge in [0.1, 0.15) is 0 Å². The van der Waals surface area contributed by atoms with Crippen molar-refractivity contribution in [1.82, 2.24) is 10.2 Å². The standard InChI is InChI=1S/C16H26N4O.ClH/c17-8-7-16(21)18-9-4-10-19-11-13-20(14-12-19)15-5-2-1-3-6-15;/h1-3,5-6H,4,7-14,17H2,(H,18,21);1H. The Labute approximate surface area is 139 Å². The lowest BCUT2D eigenvalue weighted by Gasteiger charge is -2.36. The molecule has 5 nitrogen and oxygen atoms in total. The molecule has 6 heteroatoms. The third kappa shape index (κ3) is 6.22. The van der Waals surface area contributed by atoms with Gasteiger partial charge in [0.05, 0.1) is 0 Å². The zero-order valence-electron chi connectivity index (χ0n) is 13.0. The van der Waals surface area contributed by atoms with Crippen molar-refractivity contribution in [3.63, 3.8) is 0 Å². The van der Waals surface area contributed by atoms with Crippen LogP contribution in [0.4, 0.5) is 5.69 Å². The van der Waals surface area contributed by atoms with Crippen LogP contribution >= 0.6 is 12.4 Å². The molecule has 1 fully saturated rings. The largest absolute Gasteiger partial charge is 0.369 e. The minimum atomic E-state index is 0. The monoisotopic (exact) mass is 326 g/mol. The Bertz CT molecular complexity index is 421. The molecule has 0 aliphatic carbocycles. The molecule has 1 aromatic carbocycles. The van der Waals surface area contributed by atoms with Crippen LogP contribution in [0.2, 0.25) is 0 Å². The second kappa shape index (κ2) is 10.4. The predicted molar refractivity (Wildman–Crippen MR) is 93.6 cm³/mol. The lowest BCUT2D eigenvalue weighted by atomic mass is 10.2. The number of amides is 1. The van der Waals surface area contributed by atoms with E-state index in [1.807, 2.05) is 0 Å². The zero-order valence-corrected chi connectivity index (χ0v) is 13.9. The topological polar surface area (TPSA) is 61.6 Å². The van der Waals surface area contributed by atoms with Crippen molar-refractivity contribution < 1.29 is 4.79 Å². The molecule has 1 aliphatic rings. The van der Waals surface area contributed by atoms with Gasteiger partial charge in [-0.2, -0.15) is 0 Å². The molecule has 1 heterocycles. The quantitative estimate of drug-likeness (QED) is 0.736. The Hall–Kier alpha value is -1.30. The number of benzene rings is 1. The molecular weight excluding hydrogens is 300 g/mol. The molecule has 1 aromatic rings. The van der Waals surface area contributed by atoms with Crippen molar-refractivity contribution in [3.05, 3.63) is 30.3 Å². The van der Waals surface area contributed by atoms with Gasteiger partial charge < -0.3 is 16.0 Å². The third-order valence-electron chi connectivity index (χ3n) is 3.84. The van der Waals surface area contributed by atoms with E-state index in [4.69, 9.17) is 5.73 Å². The maximum absolute atomic E-state index is 11.3. The molecule has 22 heavy (non-hydrogen) atoms. The summed E-state index contributed by atoms with van der Waals surface area (Å²) in [6.07, 6.45) is 1.43. The predicted octanol–water partition coefficient (Wildman–Crippen LogP) is 1.09. The first-order valence-corrected chi connectivity index (χ1v) is 7.78. The van der Waals surface area contributed by atoms with E-state index in [1.54, 1.807) is 0 Å². The molecular formula is C16H27ClN4O. The van der Waals surface area contributed by atoms with Crippen molar-refractivity contribution in [2.24, 2.45) is 5.73 Å². The number of nitrogens with one attached hydrogen (secondary N) is 1. The second-order valence-electron chi connectivity index (χ2n) is 5.41. The minimum absolute atomic E-state index is 0. The van der Waals surface area contributed by atoms with Crippen molar-refractivity contribution >= 4 is 24.0 Å². The smallest absolute Gasteiger partial charge is 0.221 e. The first kappa shape index (κ1) is 18.7. The Balaban J connectivity index is 0.00000242. The molecule has 0 bridgehead atoms. The number of nitrogens with two attached hydrogens (primary N) is 1. The van der Waals surface area contributed by atoms with Crippen LogP contribution in [0.3, 0.4) is 0 Å². The van der Waals surface area contributed by atoms with Gasteiger partial charge in [-0.1, -0.05) is 18.2 Å². The molecule has 3 N–H and O–H groups in total. The summed E-state index contributed by atoms with van der Waals surface area (Å²) in [6, 6.07) is 10.6. The minimum Gasteiger partial charge on any atom is -0.369 e. The number of rotatable bonds is 7. The van der Waals surface area contributed by atoms with Crippen molar-refractivity contribution in [2.45, 2.75) is 12.8 Å². The summed E-state index contributed by atoms with van der Waals surface area (Å²) in [5.74, 6) is 0.0615. The Morgan fingerprint density at radius 3 is 2.45 bits per heavy atom. The molecule has 0 atom stereocenters. The fourth-order valence-electron chi connectivity index (χ4n) is 2.62. The van der Waals surface area contributed by atoms with Gasteiger partial charge >= 0.3 is 0 Å². The average Bonchev–Trinajstić information content (AvgIpc) is 2.53. The Morgan fingerprint density at radius 1 is 1.14 bits per heavy atom. The molecule has 1 amide bonds. The normalized spacial score (nSPS) is 15.2. The number of hydrogen-bond acceptors (Lipinski definition) is 4. The van der Waals surface area contributed by atoms with Crippen LogP contribution in [-0.4, -0.2) is 56.6 Å². The summed E-state index contributed by atoms with van der Waals surface area (Å²) in [4.78, 5) is 16.2. The van der Waals surface area contributed by atoms with E-state index >= 15 is 0 Å². The highest BCUT2D eigenvalue weighted by Crippen LogP contribution is 2.15. The first-order chi connectivity index (χ1) is 10.3. The van der Waals surface area contributed by atoms with E-state index in [2.05, 4.69) is 45.4 Å². The number of para-hydroxylation sites is 1. The number of hydrogen-bond donors (Lipinski definition) is 2. The van der Waals surface area contributed by atoms with E-state index < -0.39 is 0 Å². The SMILES string of the molecule is Cl.NCCC(=O)NCCCN1CCN(c2ccccc2)CC1. The van der Waals surface area contributed by atoms with Crippen LogP contribution in [0, 0.1) is 0 Å². The van der Waals surface area contributed by atoms with Crippen LogP contribution in [0.1, 0.15) is 12.8 Å². The van der Waals surface area contributed by atoms with E-state index in [0.29, 0.717) is 13.0 Å². The van der Waals surface area contributed by atoms with Gasteiger partial charge in [-0.05, 0) is 25.1 Å².